The molecular weight excluding hydrogens is 262 g/mol. The zero-order chi connectivity index (χ0) is 13.0. The molecule has 1 N–H and O–H groups in total. The normalized spacial score (nSPS) is 16.9. The molecule has 1 aliphatic heterocycles. The average molecular weight is 284 g/mol. The van der Waals surface area contributed by atoms with Crippen molar-refractivity contribution in [1.82, 2.24) is 4.90 Å². The molecule has 0 saturated carbocycles. The van der Waals surface area contributed by atoms with Gasteiger partial charge in [-0.3, -0.25) is 9.69 Å². The molecule has 0 spiro atoms. The predicted molar refractivity (Wildman–Crippen MR) is 78.7 cm³/mol. The number of nitrogens with zero attached hydrogens (tertiary/aromatic N) is 1. The van der Waals surface area contributed by atoms with Gasteiger partial charge in [-0.05, 0) is 43.5 Å². The summed E-state index contributed by atoms with van der Waals surface area (Å²) in [6, 6.07) is 8.73. The van der Waals surface area contributed by atoms with E-state index in [2.05, 4.69) is 36.1 Å². The minimum absolute atomic E-state index is 0. The molecule has 0 amide bonds. The lowest BCUT2D eigenvalue weighted by molar-refractivity contribution is -0.143. The molecular formula is C15H22ClNO2. The highest BCUT2D eigenvalue weighted by Gasteiger charge is 2.24. The first kappa shape index (κ1) is 16.0. The molecule has 1 aliphatic rings. The number of carboxylic acids is 1. The van der Waals surface area contributed by atoms with Crippen LogP contribution in [0.1, 0.15) is 30.9 Å². The van der Waals surface area contributed by atoms with E-state index < -0.39 is 5.97 Å². The first-order valence-electron chi connectivity index (χ1n) is 6.72. The van der Waals surface area contributed by atoms with Crippen LogP contribution in [-0.4, -0.2) is 29.1 Å². The number of carboxylic acid groups (broad SMARTS) is 1. The third-order valence-electron chi connectivity index (χ3n) is 3.77. The monoisotopic (exact) mass is 283 g/mol. The first-order chi connectivity index (χ1) is 8.69. The second kappa shape index (κ2) is 7.51. The first-order valence-corrected chi connectivity index (χ1v) is 6.72. The fourth-order valence-electron chi connectivity index (χ4n) is 2.48. The Hall–Kier alpha value is -1.06. The van der Waals surface area contributed by atoms with Crippen LogP contribution in [0.4, 0.5) is 0 Å². The Morgan fingerprint density at radius 2 is 1.74 bits per heavy atom. The van der Waals surface area contributed by atoms with Crippen molar-refractivity contribution in [1.29, 1.82) is 0 Å². The summed E-state index contributed by atoms with van der Waals surface area (Å²) in [6.45, 7) is 4.89. The molecule has 1 saturated heterocycles. The van der Waals surface area contributed by atoms with Gasteiger partial charge in [-0.15, -0.1) is 12.4 Å². The third-order valence-corrected chi connectivity index (χ3v) is 3.77. The quantitative estimate of drug-likeness (QED) is 0.923. The van der Waals surface area contributed by atoms with Gasteiger partial charge >= 0.3 is 5.97 Å². The molecule has 0 aromatic heterocycles. The summed E-state index contributed by atoms with van der Waals surface area (Å²) in [7, 11) is 0. The minimum Gasteiger partial charge on any atom is -0.481 e. The Kier molecular flexibility index (Phi) is 6.32. The maximum absolute atomic E-state index is 10.9. The zero-order valence-corrected chi connectivity index (χ0v) is 12.2. The van der Waals surface area contributed by atoms with Crippen LogP contribution < -0.4 is 0 Å². The standard InChI is InChI=1S/C15H21NO2.ClH/c1-2-12-3-5-13(6-4-12)11-16-9-7-14(8-10-16)15(17)18;/h3-6,14H,2,7-11H2,1H3,(H,17,18);1H. The van der Waals surface area contributed by atoms with Crippen LogP contribution in [0, 0.1) is 5.92 Å². The molecule has 1 heterocycles. The highest BCUT2D eigenvalue weighted by atomic mass is 35.5. The predicted octanol–water partition coefficient (Wildman–Crippen LogP) is 2.97. The van der Waals surface area contributed by atoms with Crippen LogP contribution in [0.5, 0.6) is 0 Å². The Bertz CT molecular complexity index is 397. The average Bonchev–Trinajstić information content (AvgIpc) is 2.40. The Labute approximate surface area is 121 Å². The van der Waals surface area contributed by atoms with Gasteiger partial charge in [0.2, 0.25) is 0 Å². The second-order valence-electron chi connectivity index (χ2n) is 5.06. The summed E-state index contributed by atoms with van der Waals surface area (Å²) in [4.78, 5) is 13.2. The van der Waals surface area contributed by atoms with Crippen LogP contribution in [-0.2, 0) is 17.8 Å². The highest BCUT2D eigenvalue weighted by Crippen LogP contribution is 2.19. The van der Waals surface area contributed by atoms with Crippen LogP contribution in [0.3, 0.4) is 0 Å². The van der Waals surface area contributed by atoms with Crippen molar-refractivity contribution in [3.8, 4) is 0 Å². The largest absolute Gasteiger partial charge is 0.481 e. The highest BCUT2D eigenvalue weighted by molar-refractivity contribution is 5.85. The van der Waals surface area contributed by atoms with Gasteiger partial charge < -0.3 is 5.11 Å². The van der Waals surface area contributed by atoms with Crippen molar-refractivity contribution in [3.63, 3.8) is 0 Å². The fourth-order valence-corrected chi connectivity index (χ4v) is 2.48. The molecule has 3 nitrogen and oxygen atoms in total. The molecule has 1 aromatic carbocycles. The van der Waals surface area contributed by atoms with Crippen LogP contribution in [0.2, 0.25) is 0 Å². The molecule has 2 rings (SSSR count). The molecule has 0 radical (unpaired) electrons. The summed E-state index contributed by atoms with van der Waals surface area (Å²) in [6.07, 6.45) is 2.63. The lowest BCUT2D eigenvalue weighted by Gasteiger charge is -2.30. The van der Waals surface area contributed by atoms with Crippen molar-refractivity contribution in [2.24, 2.45) is 5.92 Å². The fraction of sp³-hybridized carbons (Fsp3) is 0.533. The van der Waals surface area contributed by atoms with Gasteiger partial charge in [-0.2, -0.15) is 0 Å². The molecule has 0 atom stereocenters. The molecule has 19 heavy (non-hydrogen) atoms. The lowest BCUT2D eigenvalue weighted by Crippen LogP contribution is -2.35. The van der Waals surface area contributed by atoms with Gasteiger partial charge in [0, 0.05) is 6.54 Å². The molecule has 0 aliphatic carbocycles. The van der Waals surface area contributed by atoms with Gasteiger partial charge in [0.05, 0.1) is 5.92 Å². The number of aryl methyl sites for hydroxylation is 1. The molecule has 4 heteroatoms. The van der Waals surface area contributed by atoms with Crippen LogP contribution in [0.25, 0.3) is 0 Å². The number of benzene rings is 1. The van der Waals surface area contributed by atoms with Gasteiger partial charge in [0.15, 0.2) is 0 Å². The van der Waals surface area contributed by atoms with Crippen molar-refractivity contribution < 1.29 is 9.90 Å². The van der Waals surface area contributed by atoms with E-state index in [1.807, 2.05) is 0 Å². The lowest BCUT2D eigenvalue weighted by atomic mass is 9.97. The van der Waals surface area contributed by atoms with Gasteiger partial charge in [-0.25, -0.2) is 0 Å². The van der Waals surface area contributed by atoms with E-state index in [4.69, 9.17) is 5.11 Å². The van der Waals surface area contributed by atoms with Gasteiger partial charge in [0.25, 0.3) is 0 Å². The van der Waals surface area contributed by atoms with Gasteiger partial charge in [-0.1, -0.05) is 31.2 Å². The summed E-state index contributed by atoms with van der Waals surface area (Å²) in [5.74, 6) is -0.773. The van der Waals surface area contributed by atoms with E-state index >= 15 is 0 Å². The topological polar surface area (TPSA) is 40.5 Å². The number of aliphatic carboxylic acids is 1. The maximum atomic E-state index is 10.9. The van der Waals surface area contributed by atoms with Gasteiger partial charge in [0.1, 0.15) is 0 Å². The van der Waals surface area contributed by atoms with E-state index in [0.717, 1.165) is 38.9 Å². The number of hydrogen-bond acceptors (Lipinski definition) is 2. The smallest absolute Gasteiger partial charge is 0.306 e. The summed E-state index contributed by atoms with van der Waals surface area (Å²) < 4.78 is 0. The van der Waals surface area contributed by atoms with E-state index in [9.17, 15) is 4.79 Å². The van der Waals surface area contributed by atoms with E-state index in [-0.39, 0.29) is 18.3 Å². The SMILES string of the molecule is CCc1ccc(CN2CCC(C(=O)O)CC2)cc1.Cl. The second-order valence-corrected chi connectivity index (χ2v) is 5.06. The molecule has 0 bridgehead atoms. The maximum Gasteiger partial charge on any atom is 0.306 e. The van der Waals surface area contributed by atoms with Crippen molar-refractivity contribution in [2.45, 2.75) is 32.7 Å². The molecule has 0 unspecified atom stereocenters. The molecule has 1 fully saturated rings. The third kappa shape index (κ3) is 4.51. The number of piperidine rings is 1. The number of hydrogen-bond donors (Lipinski definition) is 1. The van der Waals surface area contributed by atoms with E-state index in [1.54, 1.807) is 0 Å². The summed E-state index contributed by atoms with van der Waals surface area (Å²) >= 11 is 0. The minimum atomic E-state index is -0.637. The van der Waals surface area contributed by atoms with Crippen LogP contribution in [0.15, 0.2) is 24.3 Å². The molecule has 1 aromatic rings. The number of carbonyl (C=O) groups is 1. The molecule has 106 valence electrons. The number of likely N-dealkylation sites (tertiary alicyclic amines) is 1. The van der Waals surface area contributed by atoms with Crippen molar-refractivity contribution in [3.05, 3.63) is 35.4 Å². The van der Waals surface area contributed by atoms with Crippen molar-refractivity contribution in [2.75, 3.05) is 13.1 Å². The number of halogens is 1. The zero-order valence-electron chi connectivity index (χ0n) is 11.3. The van der Waals surface area contributed by atoms with E-state index in [1.165, 1.54) is 11.1 Å². The Morgan fingerprint density at radius 3 is 2.21 bits per heavy atom. The number of rotatable bonds is 4. The Balaban J connectivity index is 0.00000180. The summed E-state index contributed by atoms with van der Waals surface area (Å²) in [5, 5.41) is 8.95. The Morgan fingerprint density at radius 1 is 1.21 bits per heavy atom. The van der Waals surface area contributed by atoms with Crippen LogP contribution >= 0.6 is 12.4 Å². The van der Waals surface area contributed by atoms with Crippen molar-refractivity contribution >= 4 is 18.4 Å². The summed E-state index contributed by atoms with van der Waals surface area (Å²) in [5.41, 5.74) is 2.68. The van der Waals surface area contributed by atoms with E-state index in [0.29, 0.717) is 0 Å².